The Morgan fingerprint density at radius 3 is 2.67 bits per heavy atom. The van der Waals surface area contributed by atoms with E-state index in [-0.39, 0.29) is 11.9 Å². The van der Waals surface area contributed by atoms with Crippen molar-refractivity contribution in [2.45, 2.75) is 20.3 Å². The average Bonchev–Trinajstić information content (AvgIpc) is 2.08. The smallest absolute Gasteiger partial charge is 0.309 e. The lowest BCUT2D eigenvalue weighted by Crippen LogP contribution is -2.26. The topological polar surface area (TPSA) is 26.3 Å². The number of carbonyl (C=O) groups is 1. The van der Waals surface area contributed by atoms with Gasteiger partial charge in [-0.05, 0) is 18.3 Å². The lowest BCUT2D eigenvalue weighted by Gasteiger charge is -2.25. The van der Waals surface area contributed by atoms with E-state index in [1.165, 1.54) is 7.11 Å². The van der Waals surface area contributed by atoms with Crippen LogP contribution in [0, 0.1) is 17.8 Å². The van der Waals surface area contributed by atoms with E-state index in [1.54, 1.807) is 0 Å². The second-order valence-electron chi connectivity index (χ2n) is 3.59. The van der Waals surface area contributed by atoms with E-state index >= 15 is 0 Å². The minimum atomic E-state index is -0.0706. The second kappa shape index (κ2) is 3.74. The van der Waals surface area contributed by atoms with Crippen LogP contribution in [0.25, 0.3) is 0 Å². The molecule has 1 aliphatic rings. The van der Waals surface area contributed by atoms with Crippen molar-refractivity contribution in [3.05, 3.63) is 12.2 Å². The number of allylic oxidation sites excluding steroid dienone is 2. The lowest BCUT2D eigenvalue weighted by atomic mass is 9.81. The fraction of sp³-hybridized carbons (Fsp3) is 0.700. The summed E-state index contributed by atoms with van der Waals surface area (Å²) in [4.78, 5) is 11.3. The maximum atomic E-state index is 11.3. The Morgan fingerprint density at radius 2 is 2.08 bits per heavy atom. The van der Waals surface area contributed by atoms with E-state index in [0.717, 1.165) is 6.42 Å². The SMILES string of the molecule is COC(=O)[C@H]1C[C@H](C)C=C[C@H]1C. The third kappa shape index (κ3) is 1.87. The van der Waals surface area contributed by atoms with Gasteiger partial charge in [0, 0.05) is 0 Å². The quantitative estimate of drug-likeness (QED) is 0.442. The molecule has 0 aromatic carbocycles. The molecule has 0 aromatic rings. The van der Waals surface area contributed by atoms with Gasteiger partial charge in [0.15, 0.2) is 0 Å². The Kier molecular flexibility index (Phi) is 2.90. The molecular formula is C10H16O2. The molecule has 1 rings (SSSR count). The zero-order chi connectivity index (χ0) is 9.14. The number of ether oxygens (including phenoxy) is 1. The van der Waals surface area contributed by atoms with Crippen molar-refractivity contribution >= 4 is 5.97 Å². The van der Waals surface area contributed by atoms with E-state index in [0.29, 0.717) is 11.8 Å². The number of hydrogen-bond acceptors (Lipinski definition) is 2. The van der Waals surface area contributed by atoms with Gasteiger partial charge in [-0.1, -0.05) is 26.0 Å². The van der Waals surface area contributed by atoms with Crippen LogP contribution in [-0.4, -0.2) is 13.1 Å². The highest BCUT2D eigenvalue weighted by atomic mass is 16.5. The summed E-state index contributed by atoms with van der Waals surface area (Å²) in [6.07, 6.45) is 5.20. The molecule has 0 heterocycles. The van der Waals surface area contributed by atoms with Crippen molar-refractivity contribution in [3.8, 4) is 0 Å². The molecule has 0 saturated heterocycles. The minimum Gasteiger partial charge on any atom is -0.469 e. The molecule has 2 heteroatoms. The average molecular weight is 168 g/mol. The summed E-state index contributed by atoms with van der Waals surface area (Å²) >= 11 is 0. The van der Waals surface area contributed by atoms with Gasteiger partial charge < -0.3 is 4.74 Å². The predicted molar refractivity (Wildman–Crippen MR) is 47.6 cm³/mol. The van der Waals surface area contributed by atoms with Crippen molar-refractivity contribution in [1.82, 2.24) is 0 Å². The zero-order valence-corrected chi connectivity index (χ0v) is 7.91. The van der Waals surface area contributed by atoms with Gasteiger partial charge in [-0.2, -0.15) is 0 Å². The number of esters is 1. The van der Waals surface area contributed by atoms with Crippen LogP contribution >= 0.6 is 0 Å². The Hall–Kier alpha value is -0.790. The molecule has 0 saturated carbocycles. The number of methoxy groups -OCH3 is 1. The maximum Gasteiger partial charge on any atom is 0.309 e. The summed E-state index contributed by atoms with van der Waals surface area (Å²) in [6, 6.07) is 0. The molecule has 68 valence electrons. The van der Waals surface area contributed by atoms with Crippen LogP contribution in [0.4, 0.5) is 0 Å². The molecule has 1 aliphatic carbocycles. The van der Waals surface area contributed by atoms with Gasteiger partial charge in [-0.3, -0.25) is 4.79 Å². The Morgan fingerprint density at radius 1 is 1.42 bits per heavy atom. The third-order valence-electron chi connectivity index (χ3n) is 2.51. The zero-order valence-electron chi connectivity index (χ0n) is 7.91. The maximum absolute atomic E-state index is 11.3. The van der Waals surface area contributed by atoms with Crippen LogP contribution in [0.3, 0.4) is 0 Å². The number of rotatable bonds is 1. The third-order valence-corrected chi connectivity index (χ3v) is 2.51. The first-order valence-corrected chi connectivity index (χ1v) is 4.41. The summed E-state index contributed by atoms with van der Waals surface area (Å²) in [5.41, 5.74) is 0. The summed E-state index contributed by atoms with van der Waals surface area (Å²) in [5, 5.41) is 0. The molecule has 3 atom stereocenters. The van der Waals surface area contributed by atoms with E-state index in [4.69, 9.17) is 4.74 Å². The second-order valence-corrected chi connectivity index (χ2v) is 3.59. The van der Waals surface area contributed by atoms with Gasteiger partial charge in [-0.25, -0.2) is 0 Å². The first kappa shape index (κ1) is 9.30. The fourth-order valence-electron chi connectivity index (χ4n) is 1.66. The number of hydrogen-bond donors (Lipinski definition) is 0. The van der Waals surface area contributed by atoms with Crippen LogP contribution in [0.5, 0.6) is 0 Å². The molecule has 0 amide bonds. The molecular weight excluding hydrogens is 152 g/mol. The molecule has 0 radical (unpaired) electrons. The van der Waals surface area contributed by atoms with Gasteiger partial charge in [0.2, 0.25) is 0 Å². The summed E-state index contributed by atoms with van der Waals surface area (Å²) in [7, 11) is 1.46. The summed E-state index contributed by atoms with van der Waals surface area (Å²) in [6.45, 7) is 4.18. The first-order valence-electron chi connectivity index (χ1n) is 4.41. The van der Waals surface area contributed by atoms with Crippen molar-refractivity contribution in [2.75, 3.05) is 7.11 Å². The molecule has 0 aromatic heterocycles. The molecule has 0 N–H and O–H groups in total. The lowest BCUT2D eigenvalue weighted by molar-refractivity contribution is -0.147. The fourth-order valence-corrected chi connectivity index (χ4v) is 1.66. The molecule has 12 heavy (non-hydrogen) atoms. The first-order chi connectivity index (χ1) is 5.65. The van der Waals surface area contributed by atoms with E-state index in [9.17, 15) is 4.79 Å². The van der Waals surface area contributed by atoms with Gasteiger partial charge in [0.1, 0.15) is 0 Å². The highest BCUT2D eigenvalue weighted by Crippen LogP contribution is 2.28. The van der Waals surface area contributed by atoms with Crippen molar-refractivity contribution < 1.29 is 9.53 Å². The minimum absolute atomic E-state index is 0.0648. The predicted octanol–water partition coefficient (Wildman–Crippen LogP) is 2.01. The van der Waals surface area contributed by atoms with Gasteiger partial charge in [0.05, 0.1) is 13.0 Å². The van der Waals surface area contributed by atoms with Crippen LogP contribution in [0.1, 0.15) is 20.3 Å². The number of carbonyl (C=O) groups excluding carboxylic acids is 1. The highest BCUT2D eigenvalue weighted by molar-refractivity contribution is 5.73. The van der Waals surface area contributed by atoms with Crippen molar-refractivity contribution in [3.63, 3.8) is 0 Å². The van der Waals surface area contributed by atoms with Crippen LogP contribution < -0.4 is 0 Å². The van der Waals surface area contributed by atoms with Gasteiger partial charge >= 0.3 is 5.97 Å². The molecule has 0 fully saturated rings. The molecule has 0 spiro atoms. The Balaban J connectivity index is 2.65. The van der Waals surface area contributed by atoms with Crippen LogP contribution in [0.2, 0.25) is 0 Å². The van der Waals surface area contributed by atoms with Crippen LogP contribution in [-0.2, 0) is 9.53 Å². The Labute approximate surface area is 73.6 Å². The van der Waals surface area contributed by atoms with E-state index in [2.05, 4.69) is 26.0 Å². The molecule has 0 bridgehead atoms. The molecule has 0 unspecified atom stereocenters. The standard InChI is InChI=1S/C10H16O2/c1-7-4-5-8(2)9(6-7)10(11)12-3/h4-5,7-9H,6H2,1-3H3/t7-,8-,9+/m1/s1. The normalized spacial score (nSPS) is 34.8. The van der Waals surface area contributed by atoms with Gasteiger partial charge in [-0.15, -0.1) is 0 Å². The van der Waals surface area contributed by atoms with Crippen molar-refractivity contribution in [2.24, 2.45) is 17.8 Å². The van der Waals surface area contributed by atoms with Crippen molar-refractivity contribution in [1.29, 1.82) is 0 Å². The molecule has 2 nitrogen and oxygen atoms in total. The van der Waals surface area contributed by atoms with Gasteiger partial charge in [0.25, 0.3) is 0 Å². The largest absolute Gasteiger partial charge is 0.469 e. The monoisotopic (exact) mass is 168 g/mol. The Bertz CT molecular complexity index is 196. The van der Waals surface area contributed by atoms with E-state index in [1.807, 2.05) is 0 Å². The summed E-state index contributed by atoms with van der Waals surface area (Å²) in [5.74, 6) is 0.827. The summed E-state index contributed by atoms with van der Waals surface area (Å²) < 4.78 is 4.74. The van der Waals surface area contributed by atoms with E-state index < -0.39 is 0 Å². The molecule has 0 aliphatic heterocycles. The van der Waals surface area contributed by atoms with Crippen LogP contribution in [0.15, 0.2) is 12.2 Å². The highest BCUT2D eigenvalue weighted by Gasteiger charge is 2.28.